The molecule has 2 heterocycles. The van der Waals surface area contributed by atoms with Gasteiger partial charge in [0.05, 0.1) is 12.3 Å². The molecule has 1 amide bonds. The van der Waals surface area contributed by atoms with E-state index in [4.69, 9.17) is 4.74 Å². The Balaban J connectivity index is 2.37. The number of ether oxygens (including phenoxy) is 1. The third kappa shape index (κ3) is 2.76. The average Bonchev–Trinajstić information content (AvgIpc) is 2.76. The fraction of sp³-hybridized carbons (Fsp3) is 0.429. The van der Waals surface area contributed by atoms with Gasteiger partial charge in [0.15, 0.2) is 0 Å². The van der Waals surface area contributed by atoms with Gasteiger partial charge in [0.2, 0.25) is 0 Å². The lowest BCUT2D eigenvalue weighted by atomic mass is 10.2. The second-order valence-corrected chi connectivity index (χ2v) is 4.44. The maximum Gasteiger partial charge on any atom is 0.270 e. The highest BCUT2D eigenvalue weighted by molar-refractivity contribution is 5.94. The number of rotatable bonds is 5. The number of pyridine rings is 1. The van der Waals surface area contributed by atoms with Crippen LogP contribution in [-0.4, -0.2) is 35.6 Å². The highest BCUT2D eigenvalue weighted by Gasteiger charge is 2.17. The summed E-state index contributed by atoms with van der Waals surface area (Å²) in [6.45, 7) is 5.01. The first-order valence-electron chi connectivity index (χ1n) is 6.42. The molecule has 2 rings (SSSR count). The number of nitrogens with one attached hydrogen (secondary N) is 1. The van der Waals surface area contributed by atoms with Crippen LogP contribution < -0.4 is 5.32 Å². The number of aryl methyl sites for hydroxylation is 2. The number of carbonyl (C=O) groups is 1. The molecule has 0 aliphatic carbocycles. The summed E-state index contributed by atoms with van der Waals surface area (Å²) in [7, 11) is 1.61. The van der Waals surface area contributed by atoms with Crippen LogP contribution in [0, 0.1) is 6.92 Å². The van der Waals surface area contributed by atoms with E-state index in [9.17, 15) is 4.79 Å². The number of imidazole rings is 1. The van der Waals surface area contributed by atoms with E-state index in [0.717, 1.165) is 23.3 Å². The first kappa shape index (κ1) is 13.5. The monoisotopic (exact) mass is 261 g/mol. The van der Waals surface area contributed by atoms with Gasteiger partial charge in [-0.1, -0.05) is 6.92 Å². The van der Waals surface area contributed by atoms with Crippen LogP contribution in [0.15, 0.2) is 18.3 Å². The Labute approximate surface area is 112 Å². The Bertz CT molecular complexity index is 590. The summed E-state index contributed by atoms with van der Waals surface area (Å²) in [6, 6.07) is 3.95. The van der Waals surface area contributed by atoms with Crippen LogP contribution in [0.3, 0.4) is 0 Å². The number of methoxy groups -OCH3 is 1. The zero-order valence-corrected chi connectivity index (χ0v) is 11.6. The Morgan fingerprint density at radius 3 is 3.00 bits per heavy atom. The lowest BCUT2D eigenvalue weighted by Crippen LogP contribution is -2.28. The molecular formula is C14H19N3O2. The number of fused-ring (bicyclic) bond motifs is 1. The number of nitrogens with zero attached hydrogens (tertiary/aromatic N) is 2. The van der Waals surface area contributed by atoms with E-state index in [-0.39, 0.29) is 5.91 Å². The molecule has 102 valence electrons. The molecule has 0 unspecified atom stereocenters. The van der Waals surface area contributed by atoms with Crippen molar-refractivity contribution in [3.05, 3.63) is 35.3 Å². The topological polar surface area (TPSA) is 55.6 Å². The van der Waals surface area contributed by atoms with E-state index in [1.165, 1.54) is 0 Å². The van der Waals surface area contributed by atoms with Crippen molar-refractivity contribution in [1.29, 1.82) is 0 Å². The lowest BCUT2D eigenvalue weighted by molar-refractivity contribution is 0.0930. The Kier molecular flexibility index (Phi) is 4.16. The third-order valence-corrected chi connectivity index (χ3v) is 3.00. The average molecular weight is 261 g/mol. The van der Waals surface area contributed by atoms with Crippen LogP contribution in [0.25, 0.3) is 5.65 Å². The highest BCUT2D eigenvalue weighted by Crippen LogP contribution is 2.14. The summed E-state index contributed by atoms with van der Waals surface area (Å²) < 4.78 is 6.77. The lowest BCUT2D eigenvalue weighted by Gasteiger charge is -2.06. The van der Waals surface area contributed by atoms with Gasteiger partial charge in [-0.25, -0.2) is 4.98 Å². The predicted octanol–water partition coefficient (Wildman–Crippen LogP) is 1.58. The standard InChI is InChI=1S/C14H19N3O2/c1-4-11-13(14(18)15-6-8-19-3)17-7-5-10(2)9-12(17)16-11/h5,7,9H,4,6,8H2,1-3H3,(H,15,18). The van der Waals surface area contributed by atoms with Gasteiger partial charge in [-0.2, -0.15) is 0 Å². The van der Waals surface area contributed by atoms with Crippen molar-refractivity contribution in [1.82, 2.24) is 14.7 Å². The number of carbonyl (C=O) groups excluding carboxylic acids is 1. The molecule has 0 radical (unpaired) electrons. The minimum absolute atomic E-state index is 0.106. The molecule has 0 saturated heterocycles. The van der Waals surface area contributed by atoms with Gasteiger partial charge < -0.3 is 10.1 Å². The Morgan fingerprint density at radius 2 is 2.32 bits per heavy atom. The second kappa shape index (κ2) is 5.84. The van der Waals surface area contributed by atoms with Gasteiger partial charge in [0.1, 0.15) is 11.3 Å². The molecule has 0 saturated carbocycles. The largest absolute Gasteiger partial charge is 0.383 e. The molecule has 0 aliphatic heterocycles. The van der Waals surface area contributed by atoms with Crippen LogP contribution in [0.5, 0.6) is 0 Å². The fourth-order valence-corrected chi connectivity index (χ4v) is 2.03. The minimum atomic E-state index is -0.106. The molecule has 5 heteroatoms. The van der Waals surface area contributed by atoms with Crippen molar-refractivity contribution in [2.24, 2.45) is 0 Å². The van der Waals surface area contributed by atoms with Gasteiger partial charge >= 0.3 is 0 Å². The highest BCUT2D eigenvalue weighted by atomic mass is 16.5. The SMILES string of the molecule is CCc1nc2cc(C)ccn2c1C(=O)NCCOC. The second-order valence-electron chi connectivity index (χ2n) is 4.44. The predicted molar refractivity (Wildman–Crippen MR) is 73.5 cm³/mol. The zero-order valence-electron chi connectivity index (χ0n) is 11.6. The summed E-state index contributed by atoms with van der Waals surface area (Å²) in [5.41, 5.74) is 3.38. The normalized spacial score (nSPS) is 10.9. The first-order chi connectivity index (χ1) is 9.17. The number of aromatic nitrogens is 2. The summed E-state index contributed by atoms with van der Waals surface area (Å²) >= 11 is 0. The van der Waals surface area contributed by atoms with E-state index < -0.39 is 0 Å². The first-order valence-corrected chi connectivity index (χ1v) is 6.42. The molecule has 0 aliphatic rings. The van der Waals surface area contributed by atoms with Gasteiger partial charge in [0.25, 0.3) is 5.91 Å². The van der Waals surface area contributed by atoms with Gasteiger partial charge in [-0.3, -0.25) is 9.20 Å². The summed E-state index contributed by atoms with van der Waals surface area (Å²) in [6.07, 6.45) is 2.62. The summed E-state index contributed by atoms with van der Waals surface area (Å²) in [5, 5.41) is 2.84. The van der Waals surface area contributed by atoms with E-state index >= 15 is 0 Å². The zero-order chi connectivity index (χ0) is 13.8. The smallest absolute Gasteiger partial charge is 0.270 e. The molecule has 0 bridgehead atoms. The van der Waals surface area contributed by atoms with Crippen molar-refractivity contribution < 1.29 is 9.53 Å². The van der Waals surface area contributed by atoms with Crippen molar-refractivity contribution in [2.75, 3.05) is 20.3 Å². The van der Waals surface area contributed by atoms with Crippen molar-refractivity contribution in [3.63, 3.8) is 0 Å². The molecule has 5 nitrogen and oxygen atoms in total. The van der Waals surface area contributed by atoms with Crippen molar-refractivity contribution in [2.45, 2.75) is 20.3 Å². The van der Waals surface area contributed by atoms with E-state index in [2.05, 4.69) is 10.3 Å². The van der Waals surface area contributed by atoms with Crippen molar-refractivity contribution >= 4 is 11.6 Å². The van der Waals surface area contributed by atoms with Gasteiger partial charge in [0, 0.05) is 19.9 Å². The van der Waals surface area contributed by atoms with Crippen LogP contribution in [0.1, 0.15) is 28.7 Å². The van der Waals surface area contributed by atoms with E-state index in [1.807, 2.05) is 36.6 Å². The summed E-state index contributed by atoms with van der Waals surface area (Å²) in [4.78, 5) is 16.7. The van der Waals surface area contributed by atoms with Gasteiger partial charge in [-0.05, 0) is 31.0 Å². The molecular weight excluding hydrogens is 242 g/mol. The molecule has 2 aromatic heterocycles. The maximum atomic E-state index is 12.2. The molecule has 2 aromatic rings. The molecule has 0 aromatic carbocycles. The number of hydrogen-bond acceptors (Lipinski definition) is 3. The molecule has 19 heavy (non-hydrogen) atoms. The van der Waals surface area contributed by atoms with Crippen molar-refractivity contribution in [3.8, 4) is 0 Å². The fourth-order valence-electron chi connectivity index (χ4n) is 2.03. The van der Waals surface area contributed by atoms with Crippen LogP contribution in [0.4, 0.5) is 0 Å². The van der Waals surface area contributed by atoms with Crippen LogP contribution in [-0.2, 0) is 11.2 Å². The van der Waals surface area contributed by atoms with E-state index in [1.54, 1.807) is 7.11 Å². The minimum Gasteiger partial charge on any atom is -0.383 e. The van der Waals surface area contributed by atoms with Crippen LogP contribution >= 0.6 is 0 Å². The number of amides is 1. The summed E-state index contributed by atoms with van der Waals surface area (Å²) in [5.74, 6) is -0.106. The number of hydrogen-bond donors (Lipinski definition) is 1. The third-order valence-electron chi connectivity index (χ3n) is 3.00. The molecule has 0 fully saturated rings. The maximum absolute atomic E-state index is 12.2. The van der Waals surface area contributed by atoms with Crippen LogP contribution in [0.2, 0.25) is 0 Å². The quantitative estimate of drug-likeness (QED) is 0.831. The molecule has 0 spiro atoms. The van der Waals surface area contributed by atoms with Gasteiger partial charge in [-0.15, -0.1) is 0 Å². The molecule has 1 N–H and O–H groups in total. The Hall–Kier alpha value is -1.88. The Morgan fingerprint density at radius 1 is 1.53 bits per heavy atom. The van der Waals surface area contributed by atoms with E-state index in [0.29, 0.717) is 18.8 Å². The molecule has 0 atom stereocenters.